The Bertz CT molecular complexity index is 978. The number of benzene rings is 2. The zero-order chi connectivity index (χ0) is 20.4. The lowest BCUT2D eigenvalue weighted by molar-refractivity contribution is 0.103. The fourth-order valence-electron chi connectivity index (χ4n) is 5.28. The predicted octanol–water partition coefficient (Wildman–Crippen LogP) is 6.71. The van der Waals surface area contributed by atoms with Gasteiger partial charge in [-0.25, -0.2) is 4.39 Å². The topological polar surface area (TPSA) is 16.1 Å². The van der Waals surface area contributed by atoms with Crippen molar-refractivity contribution in [2.75, 3.05) is 13.1 Å². The molecule has 0 bridgehead atoms. The zero-order valence-electron chi connectivity index (χ0n) is 17.5. The van der Waals surface area contributed by atoms with E-state index in [0.717, 1.165) is 23.4 Å². The molecule has 1 aliphatic carbocycles. The Morgan fingerprint density at radius 2 is 1.30 bits per heavy atom. The first-order chi connectivity index (χ1) is 14.7. The van der Waals surface area contributed by atoms with E-state index in [-0.39, 0.29) is 5.82 Å². The summed E-state index contributed by atoms with van der Waals surface area (Å²) in [6.45, 7) is 3.36. The van der Waals surface area contributed by atoms with Crippen molar-refractivity contribution in [3.63, 3.8) is 0 Å². The normalized spacial score (nSPS) is 18.7. The molecule has 1 aromatic heterocycles. The van der Waals surface area contributed by atoms with E-state index in [1.54, 1.807) is 0 Å². The number of hydrogen-bond acceptors (Lipinski definition) is 2. The quantitative estimate of drug-likeness (QED) is 0.484. The molecule has 2 nitrogen and oxygen atoms in total. The first kappa shape index (κ1) is 19.4. The lowest BCUT2D eigenvalue weighted by atomic mass is 9.77. The molecule has 1 saturated carbocycles. The number of likely N-dealkylation sites (tertiary alicyclic amines) is 1. The second-order valence-corrected chi connectivity index (χ2v) is 9.10. The summed E-state index contributed by atoms with van der Waals surface area (Å²) in [6, 6.07) is 19.5. The lowest BCUT2D eigenvalue weighted by Gasteiger charge is -2.39. The van der Waals surface area contributed by atoms with Crippen LogP contribution in [0.25, 0.3) is 22.3 Å². The van der Waals surface area contributed by atoms with Crippen LogP contribution < -0.4 is 0 Å². The minimum Gasteiger partial charge on any atom is -0.297 e. The highest BCUT2D eigenvalue weighted by Crippen LogP contribution is 2.46. The van der Waals surface area contributed by atoms with Crippen molar-refractivity contribution in [3.05, 3.63) is 78.4 Å². The number of rotatable bonds is 4. The zero-order valence-corrected chi connectivity index (χ0v) is 17.5. The summed E-state index contributed by atoms with van der Waals surface area (Å²) in [6.07, 6.45) is 10.4. The van der Waals surface area contributed by atoms with E-state index in [2.05, 4.69) is 46.3 Å². The molecule has 3 aromatic rings. The van der Waals surface area contributed by atoms with Gasteiger partial charge in [0, 0.05) is 12.7 Å². The molecule has 5 rings (SSSR count). The monoisotopic (exact) mass is 400 g/mol. The van der Waals surface area contributed by atoms with Gasteiger partial charge in [-0.2, -0.15) is 0 Å². The molecule has 1 spiro atoms. The van der Waals surface area contributed by atoms with Crippen molar-refractivity contribution in [1.82, 2.24) is 9.88 Å². The van der Waals surface area contributed by atoms with E-state index in [1.807, 2.05) is 18.3 Å². The fourth-order valence-corrected chi connectivity index (χ4v) is 5.28. The number of halogens is 1. The Morgan fingerprint density at radius 1 is 0.733 bits per heavy atom. The van der Waals surface area contributed by atoms with Crippen molar-refractivity contribution < 1.29 is 4.39 Å². The first-order valence-corrected chi connectivity index (χ1v) is 11.2. The smallest absolute Gasteiger partial charge is 0.123 e. The summed E-state index contributed by atoms with van der Waals surface area (Å²) >= 11 is 0. The van der Waals surface area contributed by atoms with Gasteiger partial charge in [-0.15, -0.1) is 0 Å². The van der Waals surface area contributed by atoms with E-state index in [1.165, 1.54) is 74.9 Å². The molecule has 0 N–H and O–H groups in total. The van der Waals surface area contributed by atoms with Gasteiger partial charge in [0.15, 0.2) is 0 Å². The first-order valence-electron chi connectivity index (χ1n) is 11.2. The summed E-state index contributed by atoms with van der Waals surface area (Å²) in [5.74, 6) is -0.202. The standard InChI is InChI=1S/C27H29FN2/c28-25-9-7-22(8-10-25)21-3-5-23(6-4-21)24-11-16-29-26(19-24)20-30-17-14-27(15-18-30)12-1-2-13-27/h3-11,16,19H,1-2,12-15,17-18,20H2. The highest BCUT2D eigenvalue weighted by Gasteiger charge is 2.36. The van der Waals surface area contributed by atoms with E-state index in [9.17, 15) is 4.39 Å². The van der Waals surface area contributed by atoms with Crippen molar-refractivity contribution >= 4 is 0 Å². The SMILES string of the molecule is Fc1ccc(-c2ccc(-c3ccnc(CN4CCC5(CCCC5)CC4)c3)cc2)cc1. The van der Waals surface area contributed by atoms with Crippen molar-refractivity contribution in [2.45, 2.75) is 45.1 Å². The Hall–Kier alpha value is -2.52. The van der Waals surface area contributed by atoms with Crippen molar-refractivity contribution in [2.24, 2.45) is 5.41 Å². The van der Waals surface area contributed by atoms with Crippen LogP contribution in [0, 0.1) is 11.2 Å². The molecule has 2 aromatic carbocycles. The minimum atomic E-state index is -0.202. The van der Waals surface area contributed by atoms with Gasteiger partial charge in [-0.05, 0) is 90.7 Å². The molecule has 0 amide bonds. The molecule has 2 fully saturated rings. The Balaban J connectivity index is 1.26. The lowest BCUT2D eigenvalue weighted by Crippen LogP contribution is -2.38. The molecule has 1 saturated heterocycles. The number of pyridine rings is 1. The molecular weight excluding hydrogens is 371 g/mol. The number of nitrogens with zero attached hydrogens (tertiary/aromatic N) is 2. The van der Waals surface area contributed by atoms with E-state index in [4.69, 9.17) is 0 Å². The fraction of sp³-hybridized carbons (Fsp3) is 0.370. The number of piperidine rings is 1. The van der Waals surface area contributed by atoms with Crippen molar-refractivity contribution in [1.29, 1.82) is 0 Å². The van der Waals surface area contributed by atoms with Crippen LogP contribution in [-0.2, 0) is 6.54 Å². The van der Waals surface area contributed by atoms with Crippen LogP contribution in [0.5, 0.6) is 0 Å². The average Bonchev–Trinajstić information content (AvgIpc) is 3.25. The largest absolute Gasteiger partial charge is 0.297 e. The molecule has 0 atom stereocenters. The summed E-state index contributed by atoms with van der Waals surface area (Å²) in [5, 5.41) is 0. The van der Waals surface area contributed by atoms with Crippen LogP contribution in [-0.4, -0.2) is 23.0 Å². The Labute approximate surface area is 178 Å². The molecule has 2 heterocycles. The highest BCUT2D eigenvalue weighted by molar-refractivity contribution is 5.70. The maximum absolute atomic E-state index is 13.2. The molecule has 154 valence electrons. The van der Waals surface area contributed by atoms with Gasteiger partial charge in [0.05, 0.1) is 5.69 Å². The van der Waals surface area contributed by atoms with Crippen LogP contribution in [0.1, 0.15) is 44.2 Å². The molecule has 2 aliphatic rings. The summed E-state index contributed by atoms with van der Waals surface area (Å²) in [7, 11) is 0. The third-order valence-corrected chi connectivity index (χ3v) is 7.18. The third kappa shape index (κ3) is 4.17. The van der Waals surface area contributed by atoms with Gasteiger partial charge in [-0.1, -0.05) is 49.2 Å². The van der Waals surface area contributed by atoms with Crippen LogP contribution >= 0.6 is 0 Å². The van der Waals surface area contributed by atoms with Crippen LogP contribution in [0.15, 0.2) is 66.9 Å². The Kier molecular flexibility index (Phi) is 5.39. The van der Waals surface area contributed by atoms with Crippen LogP contribution in [0.2, 0.25) is 0 Å². The molecule has 0 unspecified atom stereocenters. The maximum Gasteiger partial charge on any atom is 0.123 e. The Morgan fingerprint density at radius 3 is 1.93 bits per heavy atom. The van der Waals surface area contributed by atoms with E-state index in [0.29, 0.717) is 5.41 Å². The van der Waals surface area contributed by atoms with Gasteiger partial charge >= 0.3 is 0 Å². The molecular formula is C27H29FN2. The van der Waals surface area contributed by atoms with Crippen molar-refractivity contribution in [3.8, 4) is 22.3 Å². The molecule has 1 aliphatic heterocycles. The number of hydrogen-bond donors (Lipinski definition) is 0. The van der Waals surface area contributed by atoms with Gasteiger partial charge in [0.25, 0.3) is 0 Å². The average molecular weight is 401 g/mol. The highest BCUT2D eigenvalue weighted by atomic mass is 19.1. The molecule has 30 heavy (non-hydrogen) atoms. The second-order valence-electron chi connectivity index (χ2n) is 9.10. The van der Waals surface area contributed by atoms with Crippen LogP contribution in [0.3, 0.4) is 0 Å². The van der Waals surface area contributed by atoms with E-state index < -0.39 is 0 Å². The van der Waals surface area contributed by atoms with Gasteiger partial charge in [-0.3, -0.25) is 9.88 Å². The molecule has 3 heteroatoms. The predicted molar refractivity (Wildman–Crippen MR) is 120 cm³/mol. The second kappa shape index (κ2) is 8.31. The van der Waals surface area contributed by atoms with Crippen LogP contribution in [0.4, 0.5) is 4.39 Å². The van der Waals surface area contributed by atoms with Gasteiger partial charge in [0.1, 0.15) is 5.82 Å². The van der Waals surface area contributed by atoms with Gasteiger partial charge in [0.2, 0.25) is 0 Å². The van der Waals surface area contributed by atoms with E-state index >= 15 is 0 Å². The minimum absolute atomic E-state index is 0.202. The maximum atomic E-state index is 13.2. The summed E-state index contributed by atoms with van der Waals surface area (Å²) in [5.41, 5.74) is 6.34. The molecule has 0 radical (unpaired) electrons. The summed E-state index contributed by atoms with van der Waals surface area (Å²) in [4.78, 5) is 7.22. The van der Waals surface area contributed by atoms with Gasteiger partial charge < -0.3 is 0 Å². The summed E-state index contributed by atoms with van der Waals surface area (Å²) < 4.78 is 13.2. The third-order valence-electron chi connectivity index (χ3n) is 7.18. The number of aromatic nitrogens is 1.